The average Bonchev–Trinajstić information content (AvgIpc) is 2.73. The number of nitrogens with one attached hydrogen (secondary N) is 1. The van der Waals surface area contributed by atoms with Crippen LogP contribution in [0.25, 0.3) is 0 Å². The lowest BCUT2D eigenvalue weighted by Crippen LogP contribution is -2.31. The Morgan fingerprint density at radius 2 is 1.76 bits per heavy atom. The number of carbonyl (C=O) groups is 1. The molecule has 2 aromatic carbocycles. The first-order chi connectivity index (χ1) is 13.8. The number of methoxy groups -OCH3 is 1. The summed E-state index contributed by atoms with van der Waals surface area (Å²) in [5.74, 6) is -0.0641. The number of benzene rings is 2. The average molecular weight is 437 g/mol. The Labute approximate surface area is 177 Å². The molecule has 1 N–H and O–H groups in total. The third-order valence-corrected chi connectivity index (χ3v) is 7.51. The van der Waals surface area contributed by atoms with Crippen molar-refractivity contribution in [1.82, 2.24) is 9.62 Å². The van der Waals surface area contributed by atoms with Crippen LogP contribution in [0.5, 0.6) is 5.75 Å². The third-order valence-electron chi connectivity index (χ3n) is 4.72. The smallest absolute Gasteiger partial charge is 0.255 e. The maximum absolute atomic E-state index is 12.9. The van der Waals surface area contributed by atoms with E-state index in [1.165, 1.54) is 29.6 Å². The minimum atomic E-state index is -3.68. The highest BCUT2D eigenvalue weighted by atomic mass is 32.2. The molecule has 6 nitrogen and oxygen atoms in total. The lowest BCUT2D eigenvalue weighted by molar-refractivity contribution is 0.0936. The highest BCUT2D eigenvalue weighted by molar-refractivity contribution is 7.98. The van der Waals surface area contributed by atoms with E-state index in [4.69, 9.17) is 4.74 Å². The molecule has 158 valence electrons. The van der Waals surface area contributed by atoms with E-state index in [0.29, 0.717) is 18.8 Å². The van der Waals surface area contributed by atoms with Gasteiger partial charge in [-0.15, -0.1) is 11.8 Å². The van der Waals surface area contributed by atoms with E-state index >= 15 is 0 Å². The van der Waals surface area contributed by atoms with Gasteiger partial charge in [0.25, 0.3) is 5.91 Å². The Morgan fingerprint density at radius 3 is 2.28 bits per heavy atom. The molecule has 8 heteroatoms. The van der Waals surface area contributed by atoms with Crippen molar-refractivity contribution in [2.24, 2.45) is 0 Å². The monoisotopic (exact) mass is 436 g/mol. The quantitative estimate of drug-likeness (QED) is 0.603. The molecule has 0 aliphatic carbocycles. The van der Waals surface area contributed by atoms with Gasteiger partial charge in [-0.2, -0.15) is 4.31 Å². The van der Waals surface area contributed by atoms with Gasteiger partial charge in [0.2, 0.25) is 10.0 Å². The molecule has 1 amide bonds. The van der Waals surface area contributed by atoms with Crippen LogP contribution in [0.4, 0.5) is 0 Å². The van der Waals surface area contributed by atoms with Gasteiger partial charge in [0, 0.05) is 18.0 Å². The SMILES string of the molecule is CCN(CC)S(=O)(=O)c1ccc(OC)c(C(=O)NC(C)c2ccc(SC)cc2)c1. The largest absolute Gasteiger partial charge is 0.496 e. The molecule has 0 saturated heterocycles. The van der Waals surface area contributed by atoms with E-state index in [2.05, 4.69) is 5.32 Å². The molecule has 0 radical (unpaired) electrons. The summed E-state index contributed by atoms with van der Waals surface area (Å²) < 4.78 is 32.3. The summed E-state index contributed by atoms with van der Waals surface area (Å²) in [6.45, 7) is 6.16. The molecule has 2 aromatic rings. The van der Waals surface area contributed by atoms with E-state index in [0.717, 1.165) is 10.5 Å². The molecule has 0 aromatic heterocycles. The van der Waals surface area contributed by atoms with Crippen LogP contribution in [-0.4, -0.2) is 45.1 Å². The molecule has 0 heterocycles. The number of carbonyl (C=O) groups excluding carboxylic acids is 1. The Balaban J connectivity index is 2.32. The molecule has 0 saturated carbocycles. The van der Waals surface area contributed by atoms with Crippen molar-refractivity contribution in [3.05, 3.63) is 53.6 Å². The second kappa shape index (κ2) is 10.1. The zero-order valence-electron chi connectivity index (χ0n) is 17.4. The van der Waals surface area contributed by atoms with Crippen LogP contribution in [0.1, 0.15) is 42.7 Å². The maximum Gasteiger partial charge on any atom is 0.255 e. The van der Waals surface area contributed by atoms with E-state index < -0.39 is 10.0 Å². The lowest BCUT2D eigenvalue weighted by Gasteiger charge is -2.20. The van der Waals surface area contributed by atoms with Crippen LogP contribution in [0.2, 0.25) is 0 Å². The zero-order valence-corrected chi connectivity index (χ0v) is 19.1. The number of rotatable bonds is 9. The number of sulfonamides is 1. The summed E-state index contributed by atoms with van der Waals surface area (Å²) in [6.07, 6.45) is 2.01. The van der Waals surface area contributed by atoms with Crippen molar-refractivity contribution < 1.29 is 17.9 Å². The van der Waals surface area contributed by atoms with Crippen LogP contribution in [-0.2, 0) is 10.0 Å². The Hall–Kier alpha value is -2.03. The summed E-state index contributed by atoms with van der Waals surface area (Å²) >= 11 is 1.65. The second-order valence-corrected chi connectivity index (χ2v) is 9.24. The lowest BCUT2D eigenvalue weighted by atomic mass is 10.1. The normalized spacial score (nSPS) is 12.6. The first-order valence-electron chi connectivity index (χ1n) is 9.41. The third kappa shape index (κ3) is 5.32. The topological polar surface area (TPSA) is 75.7 Å². The summed E-state index contributed by atoms with van der Waals surface area (Å²) in [7, 11) is -2.22. The molecular formula is C21H28N2O4S2. The summed E-state index contributed by atoms with van der Waals surface area (Å²) in [4.78, 5) is 14.1. The van der Waals surface area contributed by atoms with Gasteiger partial charge in [-0.25, -0.2) is 8.42 Å². The summed E-state index contributed by atoms with van der Waals surface area (Å²) in [5.41, 5.74) is 1.15. The fourth-order valence-corrected chi connectivity index (χ4v) is 4.88. The van der Waals surface area contributed by atoms with Gasteiger partial charge in [0.15, 0.2) is 0 Å². The van der Waals surface area contributed by atoms with Gasteiger partial charge in [-0.3, -0.25) is 4.79 Å². The fourth-order valence-electron chi connectivity index (χ4n) is 2.99. The Kier molecular flexibility index (Phi) is 8.13. The van der Waals surface area contributed by atoms with Gasteiger partial charge >= 0.3 is 0 Å². The van der Waals surface area contributed by atoms with E-state index in [9.17, 15) is 13.2 Å². The predicted octanol–water partition coefficient (Wildman–Crippen LogP) is 3.94. The first-order valence-corrected chi connectivity index (χ1v) is 12.1. The van der Waals surface area contributed by atoms with Crippen molar-refractivity contribution in [3.8, 4) is 5.75 Å². The fraction of sp³-hybridized carbons (Fsp3) is 0.381. The molecule has 0 aliphatic rings. The molecule has 29 heavy (non-hydrogen) atoms. The standard InChI is InChI=1S/C21H28N2O4S2/c1-6-23(7-2)29(25,26)18-12-13-20(27-4)19(14-18)21(24)22-15(3)16-8-10-17(28-5)11-9-16/h8-15H,6-7H2,1-5H3,(H,22,24). The Bertz CT molecular complexity index is 940. The van der Waals surface area contributed by atoms with Crippen molar-refractivity contribution in [3.63, 3.8) is 0 Å². The van der Waals surface area contributed by atoms with Crippen LogP contribution in [0.15, 0.2) is 52.3 Å². The van der Waals surface area contributed by atoms with Crippen LogP contribution >= 0.6 is 11.8 Å². The number of thioether (sulfide) groups is 1. The number of nitrogens with zero attached hydrogens (tertiary/aromatic N) is 1. The first kappa shape index (κ1) is 23.3. The maximum atomic E-state index is 12.9. The number of hydrogen-bond donors (Lipinski definition) is 1. The van der Waals surface area contributed by atoms with Crippen molar-refractivity contribution >= 4 is 27.7 Å². The van der Waals surface area contributed by atoms with Gasteiger partial charge in [0.1, 0.15) is 5.75 Å². The van der Waals surface area contributed by atoms with E-state index in [1.807, 2.05) is 37.4 Å². The molecule has 1 atom stereocenters. The molecule has 0 bridgehead atoms. The predicted molar refractivity (Wildman–Crippen MR) is 117 cm³/mol. The highest BCUT2D eigenvalue weighted by Crippen LogP contribution is 2.26. The van der Waals surface area contributed by atoms with Crippen molar-refractivity contribution in [1.29, 1.82) is 0 Å². The summed E-state index contributed by atoms with van der Waals surface area (Å²) in [5, 5.41) is 2.93. The molecule has 0 fully saturated rings. The molecular weight excluding hydrogens is 408 g/mol. The molecule has 0 spiro atoms. The van der Waals surface area contributed by atoms with Crippen molar-refractivity contribution in [2.45, 2.75) is 36.6 Å². The van der Waals surface area contributed by atoms with Crippen LogP contribution in [0, 0.1) is 0 Å². The highest BCUT2D eigenvalue weighted by Gasteiger charge is 2.25. The van der Waals surface area contributed by atoms with E-state index in [-0.39, 0.29) is 22.4 Å². The Morgan fingerprint density at radius 1 is 1.14 bits per heavy atom. The van der Waals surface area contributed by atoms with Gasteiger partial charge in [-0.05, 0) is 49.1 Å². The molecule has 2 rings (SSSR count). The number of hydrogen-bond acceptors (Lipinski definition) is 5. The van der Waals surface area contributed by atoms with Crippen LogP contribution < -0.4 is 10.1 Å². The minimum absolute atomic E-state index is 0.0733. The van der Waals surface area contributed by atoms with Crippen LogP contribution in [0.3, 0.4) is 0 Å². The minimum Gasteiger partial charge on any atom is -0.496 e. The van der Waals surface area contributed by atoms with Gasteiger partial charge < -0.3 is 10.1 Å². The van der Waals surface area contributed by atoms with Crippen molar-refractivity contribution in [2.75, 3.05) is 26.5 Å². The molecule has 1 unspecified atom stereocenters. The van der Waals surface area contributed by atoms with E-state index in [1.54, 1.807) is 25.6 Å². The summed E-state index contributed by atoms with van der Waals surface area (Å²) in [6, 6.07) is 12.1. The number of amides is 1. The molecule has 0 aliphatic heterocycles. The number of ether oxygens (including phenoxy) is 1. The second-order valence-electron chi connectivity index (χ2n) is 6.42. The zero-order chi connectivity index (χ0) is 21.6. The van der Waals surface area contributed by atoms with Gasteiger partial charge in [0.05, 0.1) is 23.6 Å². The van der Waals surface area contributed by atoms with Gasteiger partial charge in [-0.1, -0.05) is 26.0 Å².